The highest BCUT2D eigenvalue weighted by Crippen LogP contribution is 2.43. The number of anilines is 1. The number of rotatable bonds is 6. The van der Waals surface area contributed by atoms with Gasteiger partial charge < -0.3 is 24.9 Å². The van der Waals surface area contributed by atoms with Crippen LogP contribution < -0.4 is 20.3 Å². The second kappa shape index (κ2) is 8.96. The number of aromatic amines is 1. The molecule has 1 amide bonds. The fraction of sp³-hybridized carbons (Fsp3) is 0.261. The number of hydrogen-bond donors (Lipinski definition) is 3. The highest BCUT2D eigenvalue weighted by atomic mass is 32.2. The Morgan fingerprint density at radius 3 is 2.41 bits per heavy atom. The molecular formula is C23H23N3O5S. The molecule has 0 saturated heterocycles. The van der Waals surface area contributed by atoms with E-state index in [0.717, 1.165) is 5.56 Å². The number of amides is 1. The molecule has 0 spiro atoms. The summed E-state index contributed by atoms with van der Waals surface area (Å²) in [5, 5.41) is 13.4. The number of nitrogens with zero attached hydrogens (tertiary/aromatic N) is 1. The van der Waals surface area contributed by atoms with E-state index in [1.165, 1.54) is 31.5 Å². The molecule has 2 heterocycles. The lowest BCUT2D eigenvalue weighted by atomic mass is 9.86. The molecule has 0 saturated carbocycles. The normalized spacial score (nSPS) is 15.1. The molecule has 1 atom stereocenters. The predicted octanol–water partition coefficient (Wildman–Crippen LogP) is 3.57. The zero-order chi connectivity index (χ0) is 22.8. The first-order valence-corrected chi connectivity index (χ1v) is 11.0. The molecule has 166 valence electrons. The number of aromatic hydroxyl groups is 1. The number of ether oxygens (including phenoxy) is 2. The molecule has 3 aromatic rings. The number of methoxy groups -OCH3 is 2. The van der Waals surface area contributed by atoms with E-state index in [2.05, 4.69) is 15.3 Å². The van der Waals surface area contributed by atoms with Crippen molar-refractivity contribution < 1.29 is 19.4 Å². The zero-order valence-corrected chi connectivity index (χ0v) is 18.7. The van der Waals surface area contributed by atoms with Crippen LogP contribution in [0.15, 0.2) is 46.3 Å². The van der Waals surface area contributed by atoms with Crippen molar-refractivity contribution in [2.75, 3.05) is 19.5 Å². The molecule has 1 aliphatic rings. The molecular weight excluding hydrogens is 430 g/mol. The average Bonchev–Trinajstić information content (AvgIpc) is 2.78. The number of hydrogen-bond acceptors (Lipinski definition) is 7. The van der Waals surface area contributed by atoms with E-state index in [-0.39, 0.29) is 41.0 Å². The van der Waals surface area contributed by atoms with Crippen LogP contribution in [0.5, 0.6) is 17.2 Å². The van der Waals surface area contributed by atoms with Gasteiger partial charge in [-0.25, -0.2) is 4.98 Å². The van der Waals surface area contributed by atoms with Gasteiger partial charge in [-0.1, -0.05) is 41.6 Å². The number of thioether (sulfide) groups is 1. The summed E-state index contributed by atoms with van der Waals surface area (Å²) < 4.78 is 10.5. The van der Waals surface area contributed by atoms with E-state index >= 15 is 0 Å². The number of aryl methyl sites for hydroxylation is 1. The number of carbonyl (C=O) groups is 1. The largest absolute Gasteiger partial charge is 0.502 e. The predicted molar refractivity (Wildman–Crippen MR) is 122 cm³/mol. The fourth-order valence-corrected chi connectivity index (χ4v) is 4.47. The maximum absolute atomic E-state index is 13.0. The Kier molecular flexibility index (Phi) is 6.09. The minimum absolute atomic E-state index is 0.0602. The van der Waals surface area contributed by atoms with E-state index in [1.54, 1.807) is 12.1 Å². The van der Waals surface area contributed by atoms with Gasteiger partial charge in [-0.05, 0) is 30.2 Å². The van der Waals surface area contributed by atoms with E-state index in [4.69, 9.17) is 9.47 Å². The summed E-state index contributed by atoms with van der Waals surface area (Å²) in [7, 11) is 2.84. The Bertz CT molecular complexity index is 1200. The number of aromatic nitrogens is 2. The molecule has 2 aromatic carbocycles. The lowest BCUT2D eigenvalue weighted by Gasteiger charge is -2.25. The summed E-state index contributed by atoms with van der Waals surface area (Å²) in [5.74, 6) is 0.311. The summed E-state index contributed by atoms with van der Waals surface area (Å²) in [6, 6.07) is 11.3. The average molecular weight is 454 g/mol. The number of phenolic OH excluding ortho intramolecular Hbond substituents is 1. The molecule has 1 unspecified atom stereocenters. The Balaban J connectivity index is 1.69. The monoisotopic (exact) mass is 453 g/mol. The summed E-state index contributed by atoms with van der Waals surface area (Å²) in [6.45, 7) is 2.03. The highest BCUT2D eigenvalue weighted by molar-refractivity contribution is 7.98. The van der Waals surface area contributed by atoms with Gasteiger partial charge in [0.25, 0.3) is 5.56 Å². The molecule has 0 fully saturated rings. The molecule has 0 aliphatic carbocycles. The quantitative estimate of drug-likeness (QED) is 0.386. The van der Waals surface area contributed by atoms with Gasteiger partial charge in [-0.15, -0.1) is 0 Å². The topological polar surface area (TPSA) is 114 Å². The molecule has 1 aliphatic heterocycles. The summed E-state index contributed by atoms with van der Waals surface area (Å²) in [5.41, 5.74) is 2.93. The second-order valence-corrected chi connectivity index (χ2v) is 8.45. The minimum Gasteiger partial charge on any atom is -0.502 e. The summed E-state index contributed by atoms with van der Waals surface area (Å²) >= 11 is 1.39. The summed E-state index contributed by atoms with van der Waals surface area (Å²) in [6.07, 6.45) is 0.0602. The Hall–Kier alpha value is -3.46. The van der Waals surface area contributed by atoms with Gasteiger partial charge in [0.1, 0.15) is 5.82 Å². The van der Waals surface area contributed by atoms with Gasteiger partial charge in [-0.2, -0.15) is 0 Å². The van der Waals surface area contributed by atoms with Crippen LogP contribution >= 0.6 is 11.8 Å². The van der Waals surface area contributed by atoms with Crippen LogP contribution in [-0.2, 0) is 10.5 Å². The van der Waals surface area contributed by atoms with Gasteiger partial charge in [0.05, 0.1) is 19.8 Å². The first-order chi connectivity index (χ1) is 15.4. The third-order valence-corrected chi connectivity index (χ3v) is 6.27. The van der Waals surface area contributed by atoms with Gasteiger partial charge in [0.15, 0.2) is 16.7 Å². The van der Waals surface area contributed by atoms with Crippen molar-refractivity contribution in [3.8, 4) is 17.2 Å². The van der Waals surface area contributed by atoms with Crippen LogP contribution in [0.25, 0.3) is 0 Å². The Morgan fingerprint density at radius 2 is 1.78 bits per heavy atom. The van der Waals surface area contributed by atoms with Gasteiger partial charge in [-0.3, -0.25) is 9.59 Å². The minimum atomic E-state index is -0.561. The van der Waals surface area contributed by atoms with Crippen LogP contribution in [0.3, 0.4) is 0 Å². The van der Waals surface area contributed by atoms with Crippen LogP contribution in [0, 0.1) is 6.92 Å². The smallest absolute Gasteiger partial charge is 0.257 e. The van der Waals surface area contributed by atoms with E-state index < -0.39 is 5.92 Å². The number of carbonyl (C=O) groups excluding carboxylic acids is 1. The Morgan fingerprint density at radius 1 is 1.12 bits per heavy atom. The molecule has 1 aromatic heterocycles. The maximum Gasteiger partial charge on any atom is 0.257 e. The fourth-order valence-electron chi connectivity index (χ4n) is 3.65. The maximum atomic E-state index is 13.0. The van der Waals surface area contributed by atoms with Crippen LogP contribution in [0.1, 0.15) is 34.6 Å². The lowest BCUT2D eigenvalue weighted by molar-refractivity contribution is -0.116. The highest BCUT2D eigenvalue weighted by Gasteiger charge is 2.32. The standard InChI is InChI=1S/C23H23N3O5S/c1-12-4-6-13(7-5-12)11-32-23-25-21-19(22(29)26-23)15(10-18(27)24-21)14-8-16(30-2)20(28)17(9-14)31-3/h4-9,15,28H,10-11H2,1-3H3,(H2,24,25,26,27,29). The van der Waals surface area contributed by atoms with Crippen molar-refractivity contribution in [2.24, 2.45) is 0 Å². The van der Waals surface area contributed by atoms with E-state index in [1.807, 2.05) is 31.2 Å². The first kappa shape index (κ1) is 21.8. The number of nitrogens with one attached hydrogen (secondary N) is 2. The van der Waals surface area contributed by atoms with Crippen LogP contribution in [0.2, 0.25) is 0 Å². The van der Waals surface area contributed by atoms with Crippen LogP contribution in [-0.4, -0.2) is 35.2 Å². The molecule has 32 heavy (non-hydrogen) atoms. The number of H-pyrrole nitrogens is 1. The number of benzene rings is 2. The van der Waals surface area contributed by atoms with Crippen molar-refractivity contribution in [1.29, 1.82) is 0 Å². The van der Waals surface area contributed by atoms with E-state index in [0.29, 0.717) is 22.0 Å². The van der Waals surface area contributed by atoms with Crippen LogP contribution in [0.4, 0.5) is 5.82 Å². The number of phenols is 1. The third kappa shape index (κ3) is 4.29. The third-order valence-electron chi connectivity index (χ3n) is 5.33. The second-order valence-electron chi connectivity index (χ2n) is 7.49. The molecule has 9 heteroatoms. The van der Waals surface area contributed by atoms with E-state index in [9.17, 15) is 14.7 Å². The molecule has 4 rings (SSSR count). The lowest BCUT2D eigenvalue weighted by Crippen LogP contribution is -2.31. The molecule has 8 nitrogen and oxygen atoms in total. The van der Waals surface area contributed by atoms with Crippen molar-refractivity contribution in [1.82, 2.24) is 9.97 Å². The van der Waals surface area contributed by atoms with Crippen molar-refractivity contribution >= 4 is 23.5 Å². The molecule has 0 radical (unpaired) electrons. The van der Waals surface area contributed by atoms with Crippen molar-refractivity contribution in [2.45, 2.75) is 30.2 Å². The van der Waals surface area contributed by atoms with Gasteiger partial charge >= 0.3 is 0 Å². The van der Waals surface area contributed by atoms with Crippen molar-refractivity contribution in [3.63, 3.8) is 0 Å². The molecule has 0 bridgehead atoms. The van der Waals surface area contributed by atoms with Crippen molar-refractivity contribution in [3.05, 3.63) is 69.0 Å². The molecule has 3 N–H and O–H groups in total. The summed E-state index contributed by atoms with van der Waals surface area (Å²) in [4.78, 5) is 32.8. The van der Waals surface area contributed by atoms with Gasteiger partial charge in [0, 0.05) is 18.1 Å². The SMILES string of the molecule is COc1cc(C2CC(=O)Nc3nc(SCc4ccc(C)cc4)[nH]c(=O)c32)cc(OC)c1O. The number of fused-ring (bicyclic) bond motifs is 1. The first-order valence-electron chi connectivity index (χ1n) is 9.97. The zero-order valence-electron chi connectivity index (χ0n) is 17.9. The Labute approximate surface area is 189 Å². The van der Waals surface area contributed by atoms with Gasteiger partial charge in [0.2, 0.25) is 11.7 Å².